The van der Waals surface area contributed by atoms with E-state index in [9.17, 15) is 4.79 Å². The molecule has 0 aromatic heterocycles. The molecule has 0 saturated heterocycles. The molecule has 0 heterocycles. The van der Waals surface area contributed by atoms with Crippen molar-refractivity contribution in [1.82, 2.24) is 4.90 Å². The number of nitrogens with zero attached hydrogens (tertiary/aromatic N) is 1. The minimum atomic E-state index is -0.867. The third-order valence-electron chi connectivity index (χ3n) is 2.99. The number of carboxylic acid groups (broad SMARTS) is 1. The zero-order valence-electron chi connectivity index (χ0n) is 9.80. The van der Waals surface area contributed by atoms with E-state index in [1.807, 2.05) is 12.1 Å². The summed E-state index contributed by atoms with van der Waals surface area (Å²) >= 11 is 0. The number of hydrogen-bond acceptors (Lipinski definition) is 2. The Labute approximate surface area is 101 Å². The van der Waals surface area contributed by atoms with Gasteiger partial charge >= 0.3 is 5.97 Å². The van der Waals surface area contributed by atoms with Crippen molar-refractivity contribution in [2.24, 2.45) is 0 Å². The molecule has 1 aromatic rings. The monoisotopic (exact) mass is 231 g/mol. The molecule has 3 heteroatoms. The lowest BCUT2D eigenvalue weighted by Gasteiger charge is -2.20. The summed E-state index contributed by atoms with van der Waals surface area (Å²) in [7, 11) is 0. The number of benzene rings is 1. The largest absolute Gasteiger partial charge is 0.478 e. The molecule has 1 N–H and O–H groups in total. The van der Waals surface area contributed by atoms with Crippen molar-refractivity contribution in [1.29, 1.82) is 0 Å². The first-order valence-electron chi connectivity index (χ1n) is 5.88. The average Bonchev–Trinajstić information content (AvgIpc) is 3.13. The fraction of sp³-hybridized carbons (Fsp3) is 0.357. The van der Waals surface area contributed by atoms with Crippen molar-refractivity contribution in [2.75, 3.05) is 6.54 Å². The van der Waals surface area contributed by atoms with Crippen LogP contribution in [0, 0.1) is 0 Å². The summed E-state index contributed by atoms with van der Waals surface area (Å²) in [4.78, 5) is 13.2. The molecule has 17 heavy (non-hydrogen) atoms. The Hall–Kier alpha value is -1.61. The summed E-state index contributed by atoms with van der Waals surface area (Å²) in [5.41, 5.74) is 1.41. The quantitative estimate of drug-likeness (QED) is 0.765. The highest BCUT2D eigenvalue weighted by Crippen LogP contribution is 2.28. The van der Waals surface area contributed by atoms with E-state index in [0.29, 0.717) is 11.6 Å². The van der Waals surface area contributed by atoms with Crippen LogP contribution in [0.3, 0.4) is 0 Å². The molecule has 1 aromatic carbocycles. The topological polar surface area (TPSA) is 40.5 Å². The maximum absolute atomic E-state index is 10.9. The van der Waals surface area contributed by atoms with Gasteiger partial charge in [-0.2, -0.15) is 0 Å². The molecule has 1 saturated carbocycles. The summed E-state index contributed by atoms with van der Waals surface area (Å²) in [6.45, 7) is 5.43. The molecular formula is C14H17NO2. The molecule has 2 rings (SSSR count). The Balaban J connectivity index is 2.08. The van der Waals surface area contributed by atoms with Crippen LogP contribution in [0.5, 0.6) is 0 Å². The van der Waals surface area contributed by atoms with Gasteiger partial charge in [-0.1, -0.05) is 18.2 Å². The molecule has 0 spiro atoms. The maximum Gasteiger partial charge on any atom is 0.335 e. The number of aromatic carboxylic acids is 1. The van der Waals surface area contributed by atoms with E-state index < -0.39 is 5.97 Å². The lowest BCUT2D eigenvalue weighted by Crippen LogP contribution is -2.25. The number of carboxylic acids is 1. The van der Waals surface area contributed by atoms with Crippen LogP contribution in [-0.2, 0) is 6.54 Å². The first-order chi connectivity index (χ1) is 8.20. The fourth-order valence-corrected chi connectivity index (χ4v) is 1.99. The first kappa shape index (κ1) is 11.9. The van der Waals surface area contributed by atoms with Gasteiger partial charge in [0, 0.05) is 19.1 Å². The highest BCUT2D eigenvalue weighted by molar-refractivity contribution is 5.87. The van der Waals surface area contributed by atoms with E-state index >= 15 is 0 Å². The van der Waals surface area contributed by atoms with Gasteiger partial charge < -0.3 is 5.11 Å². The van der Waals surface area contributed by atoms with Crippen molar-refractivity contribution in [2.45, 2.75) is 25.4 Å². The van der Waals surface area contributed by atoms with E-state index in [2.05, 4.69) is 11.5 Å². The first-order valence-corrected chi connectivity index (χ1v) is 5.88. The van der Waals surface area contributed by atoms with Gasteiger partial charge in [0.25, 0.3) is 0 Å². The molecule has 1 aliphatic carbocycles. The molecule has 0 aliphatic heterocycles. The van der Waals surface area contributed by atoms with Gasteiger partial charge in [-0.3, -0.25) is 4.90 Å². The molecule has 0 radical (unpaired) electrons. The molecule has 1 fully saturated rings. The Bertz CT molecular complexity index is 424. The molecule has 0 amide bonds. The second-order valence-electron chi connectivity index (χ2n) is 4.45. The summed E-state index contributed by atoms with van der Waals surface area (Å²) in [6.07, 6.45) is 4.39. The Morgan fingerprint density at radius 2 is 2.29 bits per heavy atom. The lowest BCUT2D eigenvalue weighted by atomic mass is 10.1. The van der Waals surface area contributed by atoms with Gasteiger partial charge in [-0.05, 0) is 30.5 Å². The molecule has 0 bridgehead atoms. The number of hydrogen-bond donors (Lipinski definition) is 1. The summed E-state index contributed by atoms with van der Waals surface area (Å²) in [5.74, 6) is -0.867. The van der Waals surface area contributed by atoms with Crippen LogP contribution < -0.4 is 0 Å². The Morgan fingerprint density at radius 3 is 2.88 bits per heavy atom. The fourth-order valence-electron chi connectivity index (χ4n) is 1.99. The van der Waals surface area contributed by atoms with Crippen molar-refractivity contribution >= 4 is 5.97 Å². The molecule has 0 unspecified atom stereocenters. The number of carbonyl (C=O) groups is 1. The van der Waals surface area contributed by atoms with Gasteiger partial charge in [-0.15, -0.1) is 6.58 Å². The van der Waals surface area contributed by atoms with Gasteiger partial charge in [-0.25, -0.2) is 4.79 Å². The molecular weight excluding hydrogens is 214 g/mol. The molecule has 0 atom stereocenters. The smallest absolute Gasteiger partial charge is 0.335 e. The van der Waals surface area contributed by atoms with E-state index in [0.717, 1.165) is 18.7 Å². The minimum absolute atomic E-state index is 0.358. The minimum Gasteiger partial charge on any atom is -0.478 e. The highest BCUT2D eigenvalue weighted by Gasteiger charge is 2.27. The van der Waals surface area contributed by atoms with Crippen molar-refractivity contribution in [3.8, 4) is 0 Å². The van der Waals surface area contributed by atoms with E-state index in [1.54, 1.807) is 18.2 Å². The summed E-state index contributed by atoms with van der Waals surface area (Å²) in [5, 5.41) is 8.94. The third-order valence-corrected chi connectivity index (χ3v) is 2.99. The highest BCUT2D eigenvalue weighted by atomic mass is 16.4. The van der Waals surface area contributed by atoms with Crippen LogP contribution in [0.15, 0.2) is 36.9 Å². The van der Waals surface area contributed by atoms with Crippen LogP contribution in [-0.4, -0.2) is 28.6 Å². The SMILES string of the molecule is C=CCN(Cc1cccc(C(=O)O)c1)C1CC1. The normalized spacial score (nSPS) is 14.9. The second kappa shape index (κ2) is 5.15. The Morgan fingerprint density at radius 1 is 1.53 bits per heavy atom. The molecule has 1 aliphatic rings. The molecule has 90 valence electrons. The van der Waals surface area contributed by atoms with Gasteiger partial charge in [0.2, 0.25) is 0 Å². The van der Waals surface area contributed by atoms with Crippen molar-refractivity contribution in [3.05, 3.63) is 48.0 Å². The molecule has 3 nitrogen and oxygen atoms in total. The lowest BCUT2D eigenvalue weighted by molar-refractivity contribution is 0.0696. The second-order valence-corrected chi connectivity index (χ2v) is 4.45. The zero-order chi connectivity index (χ0) is 12.3. The van der Waals surface area contributed by atoms with Crippen LogP contribution in [0.4, 0.5) is 0 Å². The van der Waals surface area contributed by atoms with Crippen LogP contribution in [0.2, 0.25) is 0 Å². The van der Waals surface area contributed by atoms with E-state index in [1.165, 1.54) is 12.8 Å². The van der Waals surface area contributed by atoms with E-state index in [-0.39, 0.29) is 0 Å². The van der Waals surface area contributed by atoms with Crippen LogP contribution in [0.25, 0.3) is 0 Å². The summed E-state index contributed by atoms with van der Waals surface area (Å²) in [6, 6.07) is 7.81. The average molecular weight is 231 g/mol. The van der Waals surface area contributed by atoms with Gasteiger partial charge in [0.15, 0.2) is 0 Å². The summed E-state index contributed by atoms with van der Waals surface area (Å²) < 4.78 is 0. The van der Waals surface area contributed by atoms with Crippen LogP contribution >= 0.6 is 0 Å². The van der Waals surface area contributed by atoms with Gasteiger partial charge in [0.05, 0.1) is 5.56 Å². The van der Waals surface area contributed by atoms with Crippen molar-refractivity contribution < 1.29 is 9.90 Å². The predicted octanol–water partition coefficient (Wildman–Crippen LogP) is 2.54. The zero-order valence-corrected chi connectivity index (χ0v) is 9.80. The van der Waals surface area contributed by atoms with E-state index in [4.69, 9.17) is 5.11 Å². The van der Waals surface area contributed by atoms with Gasteiger partial charge in [0.1, 0.15) is 0 Å². The maximum atomic E-state index is 10.9. The third kappa shape index (κ3) is 3.17. The standard InChI is InChI=1S/C14H17NO2/c1-2-8-15(13-6-7-13)10-11-4-3-5-12(9-11)14(16)17/h2-5,9,13H,1,6-8,10H2,(H,16,17). The number of rotatable bonds is 6. The van der Waals surface area contributed by atoms with Crippen molar-refractivity contribution in [3.63, 3.8) is 0 Å². The Kier molecular flexibility index (Phi) is 3.59. The predicted molar refractivity (Wildman–Crippen MR) is 67.0 cm³/mol. The van der Waals surface area contributed by atoms with Crippen LogP contribution in [0.1, 0.15) is 28.8 Å².